The predicted molar refractivity (Wildman–Crippen MR) is 172 cm³/mol. The molecule has 0 aliphatic carbocycles. The van der Waals surface area contributed by atoms with Crippen LogP contribution in [0.15, 0.2) is 91.4 Å². The van der Waals surface area contributed by atoms with E-state index < -0.39 is 23.8 Å². The third-order valence-corrected chi connectivity index (χ3v) is 8.23. The summed E-state index contributed by atoms with van der Waals surface area (Å²) in [4.78, 5) is 19.8. The number of thiocarbonyl (C=S) groups is 1. The molecule has 1 aromatic heterocycles. The molecule has 4 rings (SSSR count). The van der Waals surface area contributed by atoms with Crippen LogP contribution in [0.5, 0.6) is 0 Å². The molecule has 0 amide bonds. The van der Waals surface area contributed by atoms with Crippen molar-refractivity contribution in [3.05, 3.63) is 119 Å². The Morgan fingerprint density at radius 2 is 1.76 bits per heavy atom. The number of rotatable bonds is 12. The van der Waals surface area contributed by atoms with Crippen LogP contribution in [0.25, 0.3) is 0 Å². The summed E-state index contributed by atoms with van der Waals surface area (Å²) >= 11 is 5.73. The summed E-state index contributed by atoms with van der Waals surface area (Å²) in [6.07, 6.45) is -1.73. The Morgan fingerprint density at radius 1 is 1.09 bits per heavy atom. The molecule has 3 atom stereocenters. The largest absolute Gasteiger partial charge is 0.416 e. The van der Waals surface area contributed by atoms with Crippen LogP contribution in [0.4, 0.5) is 18.9 Å². The maximum Gasteiger partial charge on any atom is 0.416 e. The van der Waals surface area contributed by atoms with Gasteiger partial charge in [0.1, 0.15) is 5.78 Å². The molecular weight excluding hydrogens is 597 g/mol. The topological polar surface area (TPSA) is 100.0 Å². The van der Waals surface area contributed by atoms with E-state index in [0.717, 1.165) is 11.6 Å². The Labute approximate surface area is 266 Å². The van der Waals surface area contributed by atoms with Crippen LogP contribution in [0.1, 0.15) is 48.2 Å². The van der Waals surface area contributed by atoms with Crippen LogP contribution in [0.3, 0.4) is 0 Å². The molecule has 45 heavy (non-hydrogen) atoms. The molecule has 4 aromatic rings. The quantitative estimate of drug-likeness (QED) is 0.131. The normalized spacial score (nSPS) is 13.4. The smallest absolute Gasteiger partial charge is 0.333 e. The first-order valence-corrected chi connectivity index (χ1v) is 15.0. The lowest BCUT2D eigenvalue weighted by Gasteiger charge is -2.38. The number of nitriles is 1. The first-order valence-electron chi connectivity index (χ1n) is 14.6. The fourth-order valence-electron chi connectivity index (χ4n) is 5.26. The van der Waals surface area contributed by atoms with Crippen LogP contribution >= 0.6 is 12.2 Å². The lowest BCUT2D eigenvalue weighted by molar-refractivity contribution is -0.138. The third-order valence-electron chi connectivity index (χ3n) is 7.90. The second-order valence-electron chi connectivity index (χ2n) is 10.9. The van der Waals surface area contributed by atoms with Crippen molar-refractivity contribution in [2.24, 2.45) is 17.6 Å². The van der Waals surface area contributed by atoms with Crippen molar-refractivity contribution in [1.29, 1.82) is 5.26 Å². The van der Waals surface area contributed by atoms with Crippen LogP contribution in [-0.4, -0.2) is 31.5 Å². The number of aromatic nitrogens is 2. The number of hydrogen-bond donors (Lipinski definition) is 2. The second kappa shape index (κ2) is 15.0. The Balaban J connectivity index is 1.64. The zero-order valence-corrected chi connectivity index (χ0v) is 25.9. The summed E-state index contributed by atoms with van der Waals surface area (Å²) in [5.41, 5.74) is 8.86. The highest BCUT2D eigenvalue weighted by Crippen LogP contribution is 2.33. The average molecular weight is 633 g/mol. The first kappa shape index (κ1) is 33.4. The van der Waals surface area contributed by atoms with Gasteiger partial charge in [0.25, 0.3) is 0 Å². The van der Waals surface area contributed by atoms with E-state index in [0.29, 0.717) is 29.9 Å². The van der Waals surface area contributed by atoms with Crippen LogP contribution in [0, 0.1) is 23.2 Å². The predicted octanol–water partition coefficient (Wildman–Crippen LogP) is 6.78. The molecule has 11 heteroatoms. The van der Waals surface area contributed by atoms with Crippen molar-refractivity contribution in [2.75, 3.05) is 5.32 Å². The lowest BCUT2D eigenvalue weighted by Crippen LogP contribution is -2.55. The Morgan fingerprint density at radius 3 is 2.40 bits per heavy atom. The van der Waals surface area contributed by atoms with Crippen molar-refractivity contribution in [1.82, 2.24) is 14.5 Å². The highest BCUT2D eigenvalue weighted by atomic mass is 32.1. The number of nitrogens with two attached hydrogens (primary N) is 1. The molecule has 0 spiro atoms. The highest BCUT2D eigenvalue weighted by Gasteiger charge is 2.38. The van der Waals surface area contributed by atoms with Crippen molar-refractivity contribution in [2.45, 2.75) is 52.1 Å². The van der Waals surface area contributed by atoms with Gasteiger partial charge in [-0.05, 0) is 59.6 Å². The van der Waals surface area contributed by atoms with E-state index in [1.54, 1.807) is 48.9 Å². The van der Waals surface area contributed by atoms with E-state index in [4.69, 9.17) is 23.2 Å². The van der Waals surface area contributed by atoms with Gasteiger partial charge in [-0.1, -0.05) is 68.8 Å². The zero-order chi connectivity index (χ0) is 32.6. The lowest BCUT2D eigenvalue weighted by atomic mass is 9.83. The fourth-order valence-corrected chi connectivity index (χ4v) is 5.56. The molecular formula is C34H35F3N6OS. The summed E-state index contributed by atoms with van der Waals surface area (Å²) < 4.78 is 43.8. The van der Waals surface area contributed by atoms with Crippen molar-refractivity contribution < 1.29 is 18.0 Å². The number of hydrogen-bond acceptors (Lipinski definition) is 5. The number of nitrogens with zero attached hydrogens (tertiary/aromatic N) is 4. The van der Waals surface area contributed by atoms with Crippen LogP contribution < -0.4 is 11.1 Å². The van der Waals surface area contributed by atoms with Gasteiger partial charge in [0.15, 0.2) is 5.11 Å². The van der Waals surface area contributed by atoms with Crippen LogP contribution in [0.2, 0.25) is 0 Å². The minimum absolute atomic E-state index is 0.00601. The molecule has 0 saturated carbocycles. The van der Waals surface area contributed by atoms with Gasteiger partial charge in [-0.15, -0.1) is 0 Å². The number of nitrogens with one attached hydrogen (secondary N) is 1. The number of carbonyl (C=O) groups excluding carboxylic acids is 1. The minimum Gasteiger partial charge on any atom is -0.333 e. The molecule has 0 aliphatic heterocycles. The number of benzene rings is 3. The molecule has 0 aliphatic rings. The van der Waals surface area contributed by atoms with Crippen molar-refractivity contribution in [3.8, 4) is 6.07 Å². The van der Waals surface area contributed by atoms with Gasteiger partial charge in [-0.25, -0.2) is 4.98 Å². The molecule has 3 aromatic carbocycles. The van der Waals surface area contributed by atoms with Crippen LogP contribution in [-0.2, 0) is 30.5 Å². The number of halogens is 3. The van der Waals surface area contributed by atoms with E-state index in [1.165, 1.54) is 23.1 Å². The Bertz CT molecular complexity index is 1630. The van der Waals surface area contributed by atoms with Gasteiger partial charge in [0.05, 0.1) is 35.6 Å². The first-order chi connectivity index (χ1) is 21.5. The summed E-state index contributed by atoms with van der Waals surface area (Å²) in [6, 6.07) is 23.6. The molecule has 1 heterocycles. The van der Waals surface area contributed by atoms with E-state index in [2.05, 4.69) is 16.4 Å². The standard InChI is InChI=1S/C34H35F3N6OS/c1-3-23(2)31(30(44)17-28-19-40-22-42(28)20-25-15-13-24(18-38)14-16-25)32(39)43(33(45)41-27-10-5-4-6-11-27)21-26-9-7-8-12-29(26)34(35,36)37/h4-16,19,22-23,31-32H,3,17,20-21,39H2,1-2H3,(H,41,45)/t23-,31+,32?/m0/s1. The monoisotopic (exact) mass is 632 g/mol. The van der Waals surface area contributed by atoms with E-state index in [1.807, 2.05) is 36.6 Å². The van der Waals surface area contributed by atoms with E-state index in [9.17, 15) is 18.0 Å². The molecule has 1 unspecified atom stereocenters. The number of carbonyl (C=O) groups is 1. The van der Waals surface area contributed by atoms with Gasteiger partial charge in [-0.2, -0.15) is 18.4 Å². The molecule has 3 N–H and O–H groups in total. The Kier molecular flexibility index (Phi) is 11.1. The minimum atomic E-state index is -4.58. The van der Waals surface area contributed by atoms with Gasteiger partial charge >= 0.3 is 6.18 Å². The van der Waals surface area contributed by atoms with Crippen molar-refractivity contribution >= 4 is 28.8 Å². The van der Waals surface area contributed by atoms with Gasteiger partial charge < -0.3 is 20.5 Å². The van der Waals surface area contributed by atoms with Crippen molar-refractivity contribution in [3.63, 3.8) is 0 Å². The number of anilines is 1. The molecule has 0 radical (unpaired) electrons. The highest BCUT2D eigenvalue weighted by molar-refractivity contribution is 7.80. The van der Waals surface area contributed by atoms with Gasteiger partial charge in [0.2, 0.25) is 0 Å². The molecule has 0 saturated heterocycles. The number of Topliss-reactive ketones (excluding diaryl/α,β-unsaturated/α-hetero) is 1. The summed E-state index contributed by atoms with van der Waals surface area (Å²) in [6.45, 7) is 4.04. The average Bonchev–Trinajstić information content (AvgIpc) is 3.46. The maximum atomic E-state index is 14.1. The summed E-state index contributed by atoms with van der Waals surface area (Å²) in [5, 5.41) is 12.3. The number of alkyl halides is 3. The molecule has 0 fully saturated rings. The third kappa shape index (κ3) is 8.56. The molecule has 234 valence electrons. The van der Waals surface area contributed by atoms with Gasteiger partial charge in [-0.3, -0.25) is 4.79 Å². The number of para-hydroxylation sites is 1. The second-order valence-corrected chi connectivity index (χ2v) is 11.3. The number of imidazole rings is 1. The molecule has 0 bridgehead atoms. The van der Waals surface area contributed by atoms with Gasteiger partial charge in [0, 0.05) is 37.1 Å². The SMILES string of the molecule is CC[C@H](C)[C@H](C(=O)Cc1cncn1Cc1ccc(C#N)cc1)C(N)N(Cc1ccccc1C(F)(F)F)C(=S)Nc1ccccc1. The number of ketones is 1. The summed E-state index contributed by atoms with van der Waals surface area (Å²) in [7, 11) is 0. The van der Waals surface area contributed by atoms with E-state index >= 15 is 0 Å². The summed E-state index contributed by atoms with van der Waals surface area (Å²) in [5.74, 6) is -1.14. The zero-order valence-electron chi connectivity index (χ0n) is 25.0. The Hall–Kier alpha value is -4.53. The molecule has 7 nitrogen and oxygen atoms in total. The maximum absolute atomic E-state index is 14.1. The fraction of sp³-hybridized carbons (Fsp3) is 0.294. The van der Waals surface area contributed by atoms with E-state index in [-0.39, 0.29) is 35.3 Å².